The van der Waals surface area contributed by atoms with Crippen molar-refractivity contribution in [1.82, 2.24) is 10.2 Å². The number of hydrogen-bond donors (Lipinski definition) is 1. The Balaban J connectivity index is 2.39. The first-order chi connectivity index (χ1) is 6.27. The van der Waals surface area contributed by atoms with Crippen LogP contribution in [0.1, 0.15) is 19.8 Å². The van der Waals surface area contributed by atoms with E-state index in [1.807, 2.05) is 20.2 Å². The molecule has 1 aliphatic heterocycles. The topological polar surface area (TPSA) is 48.3 Å². The fourth-order valence-electron chi connectivity index (χ4n) is 1.68. The van der Waals surface area contributed by atoms with Crippen LogP contribution < -0.4 is 5.32 Å². The zero-order valence-corrected chi connectivity index (χ0v) is 8.29. The number of ether oxygens (including phenoxy) is 1. The van der Waals surface area contributed by atoms with Crippen molar-refractivity contribution in [2.75, 3.05) is 20.2 Å². The van der Waals surface area contributed by atoms with Crippen molar-refractivity contribution in [2.24, 2.45) is 0 Å². The van der Waals surface area contributed by atoms with E-state index in [9.17, 15) is 0 Å². The Morgan fingerprint density at radius 1 is 1.69 bits per heavy atom. The van der Waals surface area contributed by atoms with Crippen molar-refractivity contribution < 1.29 is 4.74 Å². The lowest BCUT2D eigenvalue weighted by molar-refractivity contribution is -0.00665. The van der Waals surface area contributed by atoms with Crippen molar-refractivity contribution in [3.8, 4) is 6.19 Å². The third-order valence-corrected chi connectivity index (χ3v) is 2.46. The molecular weight excluding hydrogens is 166 g/mol. The highest BCUT2D eigenvalue weighted by molar-refractivity contribution is 4.83. The van der Waals surface area contributed by atoms with Gasteiger partial charge in [-0.2, -0.15) is 5.26 Å². The lowest BCUT2D eigenvalue weighted by Gasteiger charge is -2.35. The summed E-state index contributed by atoms with van der Waals surface area (Å²) < 4.78 is 5.53. The molecule has 0 spiro atoms. The molecule has 1 saturated heterocycles. The molecule has 0 bridgehead atoms. The largest absolute Gasteiger partial charge is 0.378 e. The summed E-state index contributed by atoms with van der Waals surface area (Å²) in [7, 11) is 2.02. The Kier molecular flexibility index (Phi) is 4.00. The molecule has 1 heterocycles. The average molecular weight is 183 g/mol. The smallest absolute Gasteiger partial charge is 0.177 e. The third-order valence-electron chi connectivity index (χ3n) is 2.46. The van der Waals surface area contributed by atoms with Gasteiger partial charge in [0, 0.05) is 19.6 Å². The highest BCUT2D eigenvalue weighted by Gasteiger charge is 2.25. The molecule has 4 heteroatoms. The molecule has 13 heavy (non-hydrogen) atoms. The minimum Gasteiger partial charge on any atom is -0.378 e. The first-order valence-electron chi connectivity index (χ1n) is 4.74. The number of likely N-dealkylation sites (tertiary alicyclic amines) is 1. The molecule has 0 saturated carbocycles. The standard InChI is InChI=1S/C9H17N3O/c1-3-13-8-4-5-12(2)9(6-8)11-7-10/h8-9,11H,3-6H2,1-2H3. The second-order valence-electron chi connectivity index (χ2n) is 3.35. The van der Waals surface area contributed by atoms with E-state index in [-0.39, 0.29) is 6.17 Å². The monoisotopic (exact) mass is 183 g/mol. The first-order valence-corrected chi connectivity index (χ1v) is 4.74. The second-order valence-corrected chi connectivity index (χ2v) is 3.35. The van der Waals surface area contributed by atoms with Crippen LogP contribution in [0.5, 0.6) is 0 Å². The van der Waals surface area contributed by atoms with E-state index in [1.54, 1.807) is 0 Å². The van der Waals surface area contributed by atoms with Gasteiger partial charge in [0.2, 0.25) is 0 Å². The van der Waals surface area contributed by atoms with Gasteiger partial charge in [0.1, 0.15) is 0 Å². The van der Waals surface area contributed by atoms with Crippen LogP contribution in [0.2, 0.25) is 0 Å². The summed E-state index contributed by atoms with van der Waals surface area (Å²) in [5, 5.41) is 11.3. The van der Waals surface area contributed by atoms with Crippen LogP contribution in [0, 0.1) is 11.5 Å². The SMILES string of the molecule is CCOC1CCN(C)C(NC#N)C1. The van der Waals surface area contributed by atoms with Crippen molar-refractivity contribution in [2.45, 2.75) is 32.0 Å². The van der Waals surface area contributed by atoms with Gasteiger partial charge in [-0.3, -0.25) is 4.90 Å². The summed E-state index contributed by atoms with van der Waals surface area (Å²) in [6.45, 7) is 3.75. The molecule has 0 aromatic carbocycles. The first kappa shape index (κ1) is 10.3. The second kappa shape index (κ2) is 5.05. The van der Waals surface area contributed by atoms with Gasteiger partial charge in [-0.25, -0.2) is 0 Å². The van der Waals surface area contributed by atoms with E-state index in [0.717, 1.165) is 26.0 Å². The van der Waals surface area contributed by atoms with Crippen molar-refractivity contribution in [3.05, 3.63) is 0 Å². The minimum atomic E-state index is 0.148. The molecule has 0 aromatic rings. The molecule has 0 aromatic heterocycles. The molecule has 1 fully saturated rings. The van der Waals surface area contributed by atoms with Gasteiger partial charge in [0.05, 0.1) is 12.3 Å². The predicted molar refractivity (Wildman–Crippen MR) is 49.8 cm³/mol. The molecule has 1 rings (SSSR count). The summed E-state index contributed by atoms with van der Waals surface area (Å²) in [5.41, 5.74) is 0. The number of rotatable bonds is 3. The van der Waals surface area contributed by atoms with Crippen molar-refractivity contribution in [3.63, 3.8) is 0 Å². The molecule has 74 valence electrons. The Morgan fingerprint density at radius 2 is 2.46 bits per heavy atom. The molecule has 0 aliphatic carbocycles. The quantitative estimate of drug-likeness (QED) is 0.511. The highest BCUT2D eigenvalue weighted by Crippen LogP contribution is 2.16. The fourth-order valence-corrected chi connectivity index (χ4v) is 1.68. The zero-order chi connectivity index (χ0) is 9.68. The number of nitriles is 1. The Morgan fingerprint density at radius 3 is 3.08 bits per heavy atom. The number of nitrogens with zero attached hydrogens (tertiary/aromatic N) is 2. The van der Waals surface area contributed by atoms with Crippen LogP contribution in [0.4, 0.5) is 0 Å². The summed E-state index contributed by atoms with van der Waals surface area (Å²) >= 11 is 0. The van der Waals surface area contributed by atoms with E-state index < -0.39 is 0 Å². The molecule has 2 unspecified atom stereocenters. The maximum Gasteiger partial charge on any atom is 0.177 e. The maximum absolute atomic E-state index is 8.52. The Hall–Kier alpha value is -0.790. The van der Waals surface area contributed by atoms with E-state index in [4.69, 9.17) is 10.00 Å². The summed E-state index contributed by atoms with van der Waals surface area (Å²) in [5.74, 6) is 0. The van der Waals surface area contributed by atoms with E-state index in [0.29, 0.717) is 6.10 Å². The average Bonchev–Trinajstić information content (AvgIpc) is 2.12. The Bertz CT molecular complexity index is 190. The lowest BCUT2D eigenvalue weighted by Crippen LogP contribution is -2.49. The van der Waals surface area contributed by atoms with Crippen LogP contribution in [-0.4, -0.2) is 37.4 Å². The van der Waals surface area contributed by atoms with Crippen molar-refractivity contribution in [1.29, 1.82) is 5.26 Å². The minimum absolute atomic E-state index is 0.148. The summed E-state index contributed by atoms with van der Waals surface area (Å²) in [6, 6.07) is 0. The fraction of sp³-hybridized carbons (Fsp3) is 0.889. The normalized spacial score (nSPS) is 29.6. The molecule has 4 nitrogen and oxygen atoms in total. The van der Waals surface area contributed by atoms with Crippen LogP contribution >= 0.6 is 0 Å². The van der Waals surface area contributed by atoms with Gasteiger partial charge in [0.25, 0.3) is 0 Å². The van der Waals surface area contributed by atoms with Crippen LogP contribution in [-0.2, 0) is 4.74 Å². The number of piperidine rings is 1. The molecule has 0 amide bonds. The van der Waals surface area contributed by atoms with Gasteiger partial charge in [0.15, 0.2) is 6.19 Å². The van der Waals surface area contributed by atoms with Crippen LogP contribution in [0.3, 0.4) is 0 Å². The molecule has 0 radical (unpaired) electrons. The molecule has 1 aliphatic rings. The molecule has 2 atom stereocenters. The number of nitrogens with one attached hydrogen (secondary N) is 1. The zero-order valence-electron chi connectivity index (χ0n) is 8.29. The maximum atomic E-state index is 8.52. The highest BCUT2D eigenvalue weighted by atomic mass is 16.5. The van der Waals surface area contributed by atoms with Gasteiger partial charge in [-0.05, 0) is 20.4 Å². The number of hydrogen-bond acceptors (Lipinski definition) is 4. The Labute approximate surface area is 79.5 Å². The molecular formula is C9H17N3O. The lowest BCUT2D eigenvalue weighted by atomic mass is 10.1. The van der Waals surface area contributed by atoms with Crippen molar-refractivity contribution >= 4 is 0 Å². The van der Waals surface area contributed by atoms with E-state index in [1.165, 1.54) is 0 Å². The van der Waals surface area contributed by atoms with Crippen LogP contribution in [0.25, 0.3) is 0 Å². The predicted octanol–water partition coefficient (Wildman–Crippen LogP) is 0.514. The van der Waals surface area contributed by atoms with Gasteiger partial charge in [-0.1, -0.05) is 0 Å². The van der Waals surface area contributed by atoms with E-state index in [2.05, 4.69) is 10.2 Å². The summed E-state index contributed by atoms with van der Waals surface area (Å²) in [4.78, 5) is 2.15. The summed E-state index contributed by atoms with van der Waals surface area (Å²) in [6.07, 6.45) is 4.41. The van der Waals surface area contributed by atoms with Crippen LogP contribution in [0.15, 0.2) is 0 Å². The van der Waals surface area contributed by atoms with E-state index >= 15 is 0 Å². The third kappa shape index (κ3) is 2.87. The van der Waals surface area contributed by atoms with Gasteiger partial charge in [-0.15, -0.1) is 0 Å². The van der Waals surface area contributed by atoms with Gasteiger partial charge < -0.3 is 10.1 Å². The van der Waals surface area contributed by atoms with Gasteiger partial charge >= 0.3 is 0 Å². The molecule has 1 N–H and O–H groups in total.